The van der Waals surface area contributed by atoms with E-state index in [1.165, 1.54) is 5.56 Å². The Morgan fingerprint density at radius 3 is 2.16 bits per heavy atom. The molecule has 1 N–H and O–H groups in total. The van der Waals surface area contributed by atoms with Gasteiger partial charge < -0.3 is 0 Å². The van der Waals surface area contributed by atoms with E-state index in [-0.39, 0.29) is 5.91 Å². The van der Waals surface area contributed by atoms with Crippen molar-refractivity contribution in [3.05, 3.63) is 95.6 Å². The number of rotatable bonds is 5. The summed E-state index contributed by atoms with van der Waals surface area (Å²) >= 11 is 0. The highest BCUT2D eigenvalue weighted by Crippen LogP contribution is 2.19. The van der Waals surface area contributed by atoms with Crippen molar-refractivity contribution in [3.63, 3.8) is 0 Å². The number of benzene rings is 3. The number of hydrogen-bond donors (Lipinski definition) is 1. The van der Waals surface area contributed by atoms with E-state index in [1.54, 1.807) is 6.21 Å². The summed E-state index contributed by atoms with van der Waals surface area (Å²) in [5.41, 5.74) is 7.59. The minimum atomic E-state index is -0.221. The molecule has 0 spiro atoms. The third-order valence-corrected chi connectivity index (χ3v) is 4.02. The molecule has 3 aromatic rings. The van der Waals surface area contributed by atoms with Gasteiger partial charge in [-0.25, -0.2) is 5.43 Å². The first-order chi connectivity index (χ1) is 12.3. The molecule has 1 amide bonds. The molecule has 3 heteroatoms. The molecular weight excluding hydrogens is 308 g/mol. The van der Waals surface area contributed by atoms with Crippen molar-refractivity contribution in [3.8, 4) is 11.1 Å². The van der Waals surface area contributed by atoms with Crippen molar-refractivity contribution in [1.29, 1.82) is 0 Å². The maximum atomic E-state index is 12.2. The quantitative estimate of drug-likeness (QED) is 0.536. The monoisotopic (exact) mass is 328 g/mol. The normalized spacial score (nSPS) is 10.8. The van der Waals surface area contributed by atoms with Crippen LogP contribution in [-0.4, -0.2) is 12.1 Å². The molecule has 0 bridgehead atoms. The highest BCUT2D eigenvalue weighted by atomic mass is 16.2. The van der Waals surface area contributed by atoms with Crippen molar-refractivity contribution in [1.82, 2.24) is 5.43 Å². The van der Waals surface area contributed by atoms with Crippen LogP contribution in [0.1, 0.15) is 28.4 Å². The summed E-state index contributed by atoms with van der Waals surface area (Å²) in [6.45, 7) is 2.12. The Morgan fingerprint density at radius 2 is 1.52 bits per heavy atom. The largest absolute Gasteiger partial charge is 0.271 e. The van der Waals surface area contributed by atoms with Gasteiger partial charge in [-0.15, -0.1) is 0 Å². The third kappa shape index (κ3) is 4.42. The van der Waals surface area contributed by atoms with Crippen LogP contribution in [0.5, 0.6) is 0 Å². The summed E-state index contributed by atoms with van der Waals surface area (Å²) < 4.78 is 0. The lowest BCUT2D eigenvalue weighted by molar-refractivity contribution is 0.0955. The summed E-state index contributed by atoms with van der Waals surface area (Å²) in [5, 5.41) is 4.03. The first-order valence-corrected chi connectivity index (χ1v) is 8.34. The van der Waals surface area contributed by atoms with Gasteiger partial charge in [0, 0.05) is 5.56 Å². The zero-order valence-corrected chi connectivity index (χ0v) is 14.1. The topological polar surface area (TPSA) is 41.5 Å². The van der Waals surface area contributed by atoms with Gasteiger partial charge in [0.1, 0.15) is 0 Å². The van der Waals surface area contributed by atoms with Gasteiger partial charge in [-0.1, -0.05) is 73.7 Å². The van der Waals surface area contributed by atoms with Crippen LogP contribution in [0.4, 0.5) is 0 Å². The third-order valence-electron chi connectivity index (χ3n) is 4.02. The minimum Gasteiger partial charge on any atom is -0.267 e. The lowest BCUT2D eigenvalue weighted by Gasteiger charge is -2.04. The standard InChI is InChI=1S/C22H20N2O/c1-2-17-8-10-18(11-9-17)16-23-24-22(25)21-14-12-20(13-15-21)19-6-4-3-5-7-19/h3-16H,2H2,1H3,(H,24,25). The summed E-state index contributed by atoms with van der Waals surface area (Å²) in [5.74, 6) is -0.221. The lowest BCUT2D eigenvalue weighted by Crippen LogP contribution is -2.17. The van der Waals surface area contributed by atoms with Crippen LogP contribution in [0.15, 0.2) is 84.0 Å². The van der Waals surface area contributed by atoms with Gasteiger partial charge in [0.05, 0.1) is 6.21 Å². The average molecular weight is 328 g/mol. The number of hydrogen-bond acceptors (Lipinski definition) is 2. The summed E-state index contributed by atoms with van der Waals surface area (Å²) in [6.07, 6.45) is 2.66. The molecule has 0 heterocycles. The number of aryl methyl sites for hydroxylation is 1. The second-order valence-electron chi connectivity index (χ2n) is 5.74. The molecule has 25 heavy (non-hydrogen) atoms. The van der Waals surface area contributed by atoms with Crippen LogP contribution in [0.2, 0.25) is 0 Å². The SMILES string of the molecule is CCc1ccc(C=NNC(=O)c2ccc(-c3ccccc3)cc2)cc1. The van der Waals surface area contributed by atoms with E-state index >= 15 is 0 Å². The molecule has 0 aliphatic carbocycles. The fourth-order valence-corrected chi connectivity index (χ4v) is 2.51. The van der Waals surface area contributed by atoms with E-state index in [2.05, 4.69) is 29.6 Å². The van der Waals surface area contributed by atoms with Crippen LogP contribution < -0.4 is 5.43 Å². The molecule has 3 nitrogen and oxygen atoms in total. The van der Waals surface area contributed by atoms with Gasteiger partial charge >= 0.3 is 0 Å². The van der Waals surface area contributed by atoms with Crippen molar-refractivity contribution in [2.75, 3.05) is 0 Å². The smallest absolute Gasteiger partial charge is 0.267 e. The number of carbonyl (C=O) groups is 1. The average Bonchev–Trinajstić information content (AvgIpc) is 2.69. The Labute approximate surface area is 148 Å². The van der Waals surface area contributed by atoms with E-state index in [0.717, 1.165) is 23.1 Å². The summed E-state index contributed by atoms with van der Waals surface area (Å²) in [7, 11) is 0. The van der Waals surface area contributed by atoms with E-state index in [0.29, 0.717) is 5.56 Å². The van der Waals surface area contributed by atoms with E-state index in [4.69, 9.17) is 0 Å². The van der Waals surface area contributed by atoms with Gasteiger partial charge in [0.15, 0.2) is 0 Å². The summed E-state index contributed by atoms with van der Waals surface area (Å²) in [4.78, 5) is 12.2. The molecule has 0 atom stereocenters. The summed E-state index contributed by atoms with van der Waals surface area (Å²) in [6, 6.07) is 25.7. The molecule has 0 saturated carbocycles. The molecule has 0 saturated heterocycles. The molecular formula is C22H20N2O. The maximum absolute atomic E-state index is 12.2. The van der Waals surface area contributed by atoms with Crippen LogP contribution in [0, 0.1) is 0 Å². The zero-order chi connectivity index (χ0) is 17.5. The number of amides is 1. The predicted molar refractivity (Wildman–Crippen MR) is 103 cm³/mol. The van der Waals surface area contributed by atoms with Crippen molar-refractivity contribution in [2.45, 2.75) is 13.3 Å². The van der Waals surface area contributed by atoms with E-state index in [1.807, 2.05) is 66.7 Å². The molecule has 124 valence electrons. The Morgan fingerprint density at radius 1 is 0.880 bits per heavy atom. The Balaban J connectivity index is 1.62. The van der Waals surface area contributed by atoms with Gasteiger partial charge in [-0.3, -0.25) is 4.79 Å². The van der Waals surface area contributed by atoms with Crippen LogP contribution in [-0.2, 0) is 6.42 Å². The lowest BCUT2D eigenvalue weighted by atomic mass is 10.0. The Kier molecular flexibility index (Phi) is 5.37. The van der Waals surface area contributed by atoms with Crippen LogP contribution >= 0.6 is 0 Å². The second-order valence-corrected chi connectivity index (χ2v) is 5.74. The second kappa shape index (κ2) is 8.06. The Bertz CT molecular complexity index is 851. The molecule has 3 rings (SSSR count). The highest BCUT2D eigenvalue weighted by molar-refractivity contribution is 5.95. The van der Waals surface area contributed by atoms with Crippen molar-refractivity contribution < 1.29 is 4.79 Å². The fourth-order valence-electron chi connectivity index (χ4n) is 2.51. The van der Waals surface area contributed by atoms with Gasteiger partial charge in [-0.05, 0) is 40.8 Å². The van der Waals surface area contributed by atoms with Gasteiger partial charge in [-0.2, -0.15) is 5.10 Å². The Hall–Kier alpha value is -3.20. The van der Waals surface area contributed by atoms with Crippen LogP contribution in [0.25, 0.3) is 11.1 Å². The minimum absolute atomic E-state index is 0.221. The number of nitrogens with zero attached hydrogens (tertiary/aromatic N) is 1. The van der Waals surface area contributed by atoms with Gasteiger partial charge in [0.2, 0.25) is 0 Å². The van der Waals surface area contributed by atoms with Crippen molar-refractivity contribution >= 4 is 12.1 Å². The molecule has 0 fully saturated rings. The van der Waals surface area contributed by atoms with Gasteiger partial charge in [0.25, 0.3) is 5.91 Å². The molecule has 3 aromatic carbocycles. The fraction of sp³-hybridized carbons (Fsp3) is 0.0909. The first-order valence-electron chi connectivity index (χ1n) is 8.34. The maximum Gasteiger partial charge on any atom is 0.271 e. The van der Waals surface area contributed by atoms with E-state index in [9.17, 15) is 4.79 Å². The molecule has 0 aliphatic rings. The zero-order valence-electron chi connectivity index (χ0n) is 14.1. The molecule has 0 radical (unpaired) electrons. The predicted octanol–water partition coefficient (Wildman–Crippen LogP) is 4.68. The molecule has 0 unspecified atom stereocenters. The van der Waals surface area contributed by atoms with Crippen molar-refractivity contribution in [2.24, 2.45) is 5.10 Å². The first kappa shape index (κ1) is 16.7. The highest BCUT2D eigenvalue weighted by Gasteiger charge is 2.04. The molecule has 0 aromatic heterocycles. The number of nitrogens with one attached hydrogen (secondary N) is 1. The van der Waals surface area contributed by atoms with E-state index < -0.39 is 0 Å². The van der Waals surface area contributed by atoms with Crippen LogP contribution in [0.3, 0.4) is 0 Å². The number of carbonyl (C=O) groups excluding carboxylic acids is 1. The number of hydrazone groups is 1. The molecule has 0 aliphatic heterocycles.